The Labute approximate surface area is 89.6 Å². The van der Waals surface area contributed by atoms with Crippen molar-refractivity contribution in [1.29, 1.82) is 0 Å². The van der Waals surface area contributed by atoms with E-state index in [0.29, 0.717) is 17.8 Å². The summed E-state index contributed by atoms with van der Waals surface area (Å²) in [6.45, 7) is 5.55. The number of aromatic nitrogens is 2. The van der Waals surface area contributed by atoms with Crippen molar-refractivity contribution >= 4 is 11.6 Å². The van der Waals surface area contributed by atoms with Crippen LogP contribution < -0.4 is 11.1 Å². The smallest absolute Gasteiger partial charge is 0.248 e. The van der Waals surface area contributed by atoms with E-state index in [4.69, 9.17) is 5.73 Å². The number of hydrogen-bond acceptors (Lipinski definition) is 4. The van der Waals surface area contributed by atoms with E-state index >= 15 is 0 Å². The second-order valence-corrected chi connectivity index (χ2v) is 3.78. The van der Waals surface area contributed by atoms with Crippen molar-refractivity contribution in [2.45, 2.75) is 33.2 Å². The maximum absolute atomic E-state index is 11.8. The molecule has 1 atom stereocenters. The molecule has 0 aliphatic rings. The topological polar surface area (TPSA) is 72.9 Å². The summed E-state index contributed by atoms with van der Waals surface area (Å²) < 4.78 is 1.39. The number of nitrogens with two attached hydrogens (primary N) is 1. The van der Waals surface area contributed by atoms with Crippen LogP contribution in [-0.2, 0) is 0 Å². The van der Waals surface area contributed by atoms with Gasteiger partial charge in [-0.25, -0.2) is 4.68 Å². The molecule has 5 nitrogen and oxygen atoms in total. The number of anilines is 1. The van der Waals surface area contributed by atoms with Crippen LogP contribution in [0.5, 0.6) is 0 Å². The highest BCUT2D eigenvalue weighted by molar-refractivity contribution is 5.80. The monoisotopic (exact) mass is 210 g/mol. The molecule has 0 aliphatic heterocycles. The number of nitrogens with zero attached hydrogens (tertiary/aromatic N) is 2. The third-order valence-corrected chi connectivity index (χ3v) is 2.56. The third kappa shape index (κ3) is 2.36. The predicted molar refractivity (Wildman–Crippen MR) is 59.9 cm³/mol. The Balaban J connectivity index is 2.87. The minimum atomic E-state index is -0.0332. The van der Waals surface area contributed by atoms with Gasteiger partial charge in [0.05, 0.1) is 17.1 Å². The van der Waals surface area contributed by atoms with Crippen molar-refractivity contribution in [2.75, 3.05) is 12.8 Å². The lowest BCUT2D eigenvalue weighted by molar-refractivity contribution is 0.0873. The molecule has 0 amide bonds. The van der Waals surface area contributed by atoms with Crippen LogP contribution in [0, 0.1) is 13.8 Å². The molecule has 0 aliphatic carbocycles. The van der Waals surface area contributed by atoms with Crippen LogP contribution in [0.3, 0.4) is 0 Å². The molecule has 1 rings (SSSR count). The molecule has 0 fully saturated rings. The molecule has 1 aromatic rings. The van der Waals surface area contributed by atoms with Crippen LogP contribution in [-0.4, -0.2) is 28.8 Å². The van der Waals surface area contributed by atoms with Gasteiger partial charge in [-0.15, -0.1) is 0 Å². The summed E-state index contributed by atoms with van der Waals surface area (Å²) >= 11 is 0. The number of hydrogen-bond donors (Lipinski definition) is 2. The van der Waals surface area contributed by atoms with Gasteiger partial charge in [-0.05, 0) is 27.8 Å². The van der Waals surface area contributed by atoms with Gasteiger partial charge in [-0.3, -0.25) is 4.79 Å². The van der Waals surface area contributed by atoms with Gasteiger partial charge >= 0.3 is 0 Å². The first-order valence-electron chi connectivity index (χ1n) is 4.99. The summed E-state index contributed by atoms with van der Waals surface area (Å²) in [4.78, 5) is 11.8. The first kappa shape index (κ1) is 11.7. The first-order valence-corrected chi connectivity index (χ1v) is 4.99. The van der Waals surface area contributed by atoms with Crippen molar-refractivity contribution in [2.24, 2.45) is 0 Å². The molecular formula is C10H18N4O. The Kier molecular flexibility index (Phi) is 3.47. The molecule has 0 saturated heterocycles. The maximum atomic E-state index is 11.8. The molecule has 0 saturated carbocycles. The lowest BCUT2D eigenvalue weighted by Gasteiger charge is -2.09. The Bertz CT molecular complexity index is 370. The van der Waals surface area contributed by atoms with Crippen LogP contribution in [0.2, 0.25) is 0 Å². The maximum Gasteiger partial charge on any atom is 0.248 e. The summed E-state index contributed by atoms with van der Waals surface area (Å²) in [5, 5.41) is 7.12. The van der Waals surface area contributed by atoms with E-state index in [9.17, 15) is 4.79 Å². The largest absolute Gasteiger partial charge is 0.396 e. The second-order valence-electron chi connectivity index (χ2n) is 3.78. The number of carbonyl (C=O) groups is 1. The quantitative estimate of drug-likeness (QED) is 0.771. The number of nitrogens with one attached hydrogen (secondary N) is 1. The van der Waals surface area contributed by atoms with Gasteiger partial charge in [0.15, 0.2) is 0 Å². The minimum absolute atomic E-state index is 0.0332. The highest BCUT2D eigenvalue weighted by Gasteiger charge is 2.15. The fourth-order valence-corrected chi connectivity index (χ4v) is 1.35. The third-order valence-electron chi connectivity index (χ3n) is 2.56. The lowest BCUT2D eigenvalue weighted by atomic mass is 10.2. The van der Waals surface area contributed by atoms with Gasteiger partial charge in [-0.1, -0.05) is 0 Å². The van der Waals surface area contributed by atoms with E-state index in [1.165, 1.54) is 4.68 Å². The van der Waals surface area contributed by atoms with Crippen LogP contribution in [0.4, 0.5) is 5.69 Å². The van der Waals surface area contributed by atoms with E-state index in [1.807, 2.05) is 14.0 Å². The van der Waals surface area contributed by atoms with Gasteiger partial charge in [0.25, 0.3) is 0 Å². The molecule has 3 N–H and O–H groups in total. The molecule has 15 heavy (non-hydrogen) atoms. The fourth-order valence-electron chi connectivity index (χ4n) is 1.35. The summed E-state index contributed by atoms with van der Waals surface area (Å²) in [6, 6.07) is 0.141. The Morgan fingerprint density at radius 3 is 2.60 bits per heavy atom. The first-order chi connectivity index (χ1) is 6.97. The normalized spacial score (nSPS) is 12.8. The van der Waals surface area contributed by atoms with Crippen molar-refractivity contribution in [3.8, 4) is 0 Å². The van der Waals surface area contributed by atoms with Crippen molar-refractivity contribution in [3.63, 3.8) is 0 Å². The zero-order valence-electron chi connectivity index (χ0n) is 9.66. The molecule has 1 unspecified atom stereocenters. The highest BCUT2D eigenvalue weighted by Crippen LogP contribution is 2.15. The summed E-state index contributed by atoms with van der Waals surface area (Å²) in [7, 11) is 1.83. The van der Waals surface area contributed by atoms with Gasteiger partial charge in [-0.2, -0.15) is 5.10 Å². The van der Waals surface area contributed by atoms with Gasteiger partial charge in [0.2, 0.25) is 5.91 Å². The van der Waals surface area contributed by atoms with E-state index in [1.54, 1.807) is 13.8 Å². The molecule has 1 aromatic heterocycles. The van der Waals surface area contributed by atoms with Crippen molar-refractivity contribution in [3.05, 3.63) is 11.4 Å². The Morgan fingerprint density at radius 1 is 1.60 bits per heavy atom. The zero-order chi connectivity index (χ0) is 11.6. The molecule has 1 heterocycles. The van der Waals surface area contributed by atoms with E-state index in [0.717, 1.165) is 5.69 Å². The van der Waals surface area contributed by atoms with E-state index in [2.05, 4.69) is 10.4 Å². The van der Waals surface area contributed by atoms with Crippen LogP contribution in [0.1, 0.15) is 29.5 Å². The van der Waals surface area contributed by atoms with Gasteiger partial charge in [0, 0.05) is 12.5 Å². The molecule has 0 bridgehead atoms. The Morgan fingerprint density at radius 2 is 2.20 bits per heavy atom. The fraction of sp³-hybridized carbons (Fsp3) is 0.600. The average molecular weight is 210 g/mol. The number of aryl methyl sites for hydroxylation is 1. The number of carbonyl (C=O) groups excluding carboxylic acids is 1. The van der Waals surface area contributed by atoms with E-state index in [-0.39, 0.29) is 11.9 Å². The zero-order valence-corrected chi connectivity index (χ0v) is 9.66. The molecule has 0 aromatic carbocycles. The SMILES string of the molecule is CNC(C)CC(=O)n1nc(C)c(N)c1C. The average Bonchev–Trinajstić information content (AvgIpc) is 2.45. The van der Waals surface area contributed by atoms with Crippen LogP contribution in [0.15, 0.2) is 0 Å². The molecule has 84 valence electrons. The molecule has 0 spiro atoms. The summed E-state index contributed by atoms with van der Waals surface area (Å²) in [6.07, 6.45) is 0.415. The van der Waals surface area contributed by atoms with Crippen LogP contribution >= 0.6 is 0 Å². The number of nitrogen functional groups attached to an aromatic ring is 1. The van der Waals surface area contributed by atoms with Gasteiger partial charge < -0.3 is 11.1 Å². The summed E-state index contributed by atoms with van der Waals surface area (Å²) in [5.41, 5.74) is 7.78. The minimum Gasteiger partial charge on any atom is -0.396 e. The van der Waals surface area contributed by atoms with Crippen molar-refractivity contribution < 1.29 is 4.79 Å². The highest BCUT2D eigenvalue weighted by atomic mass is 16.2. The molecular weight excluding hydrogens is 192 g/mol. The molecule has 5 heteroatoms. The predicted octanol–water partition coefficient (Wildman–Crippen LogP) is 0.720. The second kappa shape index (κ2) is 4.44. The molecule has 0 radical (unpaired) electrons. The van der Waals surface area contributed by atoms with Gasteiger partial charge in [0.1, 0.15) is 0 Å². The standard InChI is InChI=1S/C10H18N4O/c1-6(12-4)5-9(15)14-8(3)10(11)7(2)13-14/h6,12H,5,11H2,1-4H3. The van der Waals surface area contributed by atoms with Crippen LogP contribution in [0.25, 0.3) is 0 Å². The Hall–Kier alpha value is -1.36. The number of rotatable bonds is 3. The van der Waals surface area contributed by atoms with E-state index < -0.39 is 0 Å². The lowest BCUT2D eigenvalue weighted by Crippen LogP contribution is -2.28. The van der Waals surface area contributed by atoms with Crippen molar-refractivity contribution in [1.82, 2.24) is 15.1 Å². The summed E-state index contributed by atoms with van der Waals surface area (Å²) in [5.74, 6) is -0.0332.